The minimum Gasteiger partial charge on any atom is -0.311 e. The molecule has 0 spiro atoms. The highest BCUT2D eigenvalue weighted by atomic mass is 15.2. The van der Waals surface area contributed by atoms with Gasteiger partial charge in [-0.3, -0.25) is 0 Å². The molecular formula is C15H28N2. The lowest BCUT2D eigenvalue weighted by atomic mass is 9.92. The first kappa shape index (κ1) is 12.0. The average molecular weight is 236 g/mol. The normalized spacial score (nSPS) is 40.1. The quantitative estimate of drug-likeness (QED) is 0.810. The van der Waals surface area contributed by atoms with Gasteiger partial charge in [-0.25, -0.2) is 0 Å². The van der Waals surface area contributed by atoms with Crippen LogP contribution in [0.15, 0.2) is 0 Å². The third kappa shape index (κ3) is 2.39. The molecule has 3 aliphatic rings. The van der Waals surface area contributed by atoms with Gasteiger partial charge in [-0.1, -0.05) is 12.8 Å². The molecule has 17 heavy (non-hydrogen) atoms. The predicted octanol–water partition coefficient (Wildman–Crippen LogP) is 2.78. The Kier molecular flexibility index (Phi) is 3.45. The van der Waals surface area contributed by atoms with Crippen molar-refractivity contribution >= 4 is 0 Å². The van der Waals surface area contributed by atoms with Crippen molar-refractivity contribution in [3.8, 4) is 0 Å². The van der Waals surface area contributed by atoms with Crippen molar-refractivity contribution in [2.75, 3.05) is 7.05 Å². The molecule has 3 fully saturated rings. The molecule has 1 saturated carbocycles. The highest BCUT2D eigenvalue weighted by Crippen LogP contribution is 2.34. The summed E-state index contributed by atoms with van der Waals surface area (Å²) in [4.78, 5) is 2.72. The SMILES string of the molecule is CC(C1CCCC1)N(C)C1CC2CCC(C1)N2. The van der Waals surface area contributed by atoms with Crippen LogP contribution in [0.25, 0.3) is 0 Å². The molecular weight excluding hydrogens is 208 g/mol. The van der Waals surface area contributed by atoms with Crippen molar-refractivity contribution in [1.29, 1.82) is 0 Å². The summed E-state index contributed by atoms with van der Waals surface area (Å²) in [5, 5.41) is 3.76. The lowest BCUT2D eigenvalue weighted by Gasteiger charge is -2.40. The first-order valence-electron chi connectivity index (χ1n) is 7.72. The van der Waals surface area contributed by atoms with Crippen LogP contribution >= 0.6 is 0 Å². The van der Waals surface area contributed by atoms with Crippen LogP contribution in [-0.2, 0) is 0 Å². The first-order valence-corrected chi connectivity index (χ1v) is 7.72. The zero-order valence-electron chi connectivity index (χ0n) is 11.5. The van der Waals surface area contributed by atoms with Crippen molar-refractivity contribution in [3.05, 3.63) is 0 Å². The summed E-state index contributed by atoms with van der Waals surface area (Å²) in [5.41, 5.74) is 0. The molecule has 2 nitrogen and oxygen atoms in total. The van der Waals surface area contributed by atoms with Crippen molar-refractivity contribution < 1.29 is 0 Å². The zero-order valence-corrected chi connectivity index (χ0v) is 11.5. The zero-order chi connectivity index (χ0) is 11.8. The fourth-order valence-corrected chi connectivity index (χ4v) is 4.46. The summed E-state index contributed by atoms with van der Waals surface area (Å²) < 4.78 is 0. The highest BCUT2D eigenvalue weighted by molar-refractivity contribution is 4.96. The Morgan fingerprint density at radius 3 is 2.18 bits per heavy atom. The van der Waals surface area contributed by atoms with Gasteiger partial charge in [-0.05, 0) is 58.4 Å². The van der Waals surface area contributed by atoms with Gasteiger partial charge in [0, 0.05) is 24.2 Å². The van der Waals surface area contributed by atoms with Crippen molar-refractivity contribution in [3.63, 3.8) is 0 Å². The number of piperidine rings is 1. The summed E-state index contributed by atoms with van der Waals surface area (Å²) in [6.07, 6.45) is 11.5. The van der Waals surface area contributed by atoms with E-state index in [1.807, 2.05) is 0 Å². The van der Waals surface area contributed by atoms with E-state index in [9.17, 15) is 0 Å². The number of hydrogen-bond donors (Lipinski definition) is 1. The predicted molar refractivity (Wildman–Crippen MR) is 72.2 cm³/mol. The van der Waals surface area contributed by atoms with E-state index in [4.69, 9.17) is 0 Å². The molecule has 0 amide bonds. The Bertz CT molecular complexity index is 248. The number of hydrogen-bond acceptors (Lipinski definition) is 2. The summed E-state index contributed by atoms with van der Waals surface area (Å²) in [5.74, 6) is 0.979. The van der Waals surface area contributed by atoms with Crippen LogP contribution in [0.5, 0.6) is 0 Å². The van der Waals surface area contributed by atoms with Crippen molar-refractivity contribution in [2.45, 2.75) is 82.5 Å². The van der Waals surface area contributed by atoms with E-state index in [2.05, 4.69) is 24.2 Å². The number of nitrogens with zero attached hydrogens (tertiary/aromatic N) is 1. The minimum atomic E-state index is 0.806. The van der Waals surface area contributed by atoms with Crippen LogP contribution in [0.3, 0.4) is 0 Å². The Hall–Kier alpha value is -0.0800. The first-order chi connectivity index (χ1) is 8.24. The molecule has 2 aliphatic heterocycles. The molecule has 0 aromatic rings. The van der Waals surface area contributed by atoms with Gasteiger partial charge in [0.1, 0.15) is 0 Å². The smallest absolute Gasteiger partial charge is 0.0125 e. The highest BCUT2D eigenvalue weighted by Gasteiger charge is 2.37. The van der Waals surface area contributed by atoms with Crippen LogP contribution < -0.4 is 5.32 Å². The Labute approximate surface area is 106 Å². The Balaban J connectivity index is 1.59. The van der Waals surface area contributed by atoms with Crippen LogP contribution in [0.2, 0.25) is 0 Å². The maximum Gasteiger partial charge on any atom is 0.0125 e. The standard InChI is InChI=1S/C15H28N2/c1-11(12-5-3-4-6-12)17(2)15-9-13-7-8-14(10-15)16-13/h11-16H,3-10H2,1-2H3. The second kappa shape index (κ2) is 4.89. The van der Waals surface area contributed by atoms with Crippen LogP contribution in [0.1, 0.15) is 58.3 Å². The molecule has 0 aromatic carbocycles. The fourth-order valence-electron chi connectivity index (χ4n) is 4.46. The van der Waals surface area contributed by atoms with Gasteiger partial charge in [-0.2, -0.15) is 0 Å². The largest absolute Gasteiger partial charge is 0.311 e. The van der Waals surface area contributed by atoms with Gasteiger partial charge in [-0.15, -0.1) is 0 Å². The van der Waals surface area contributed by atoms with Gasteiger partial charge >= 0.3 is 0 Å². The van der Waals surface area contributed by atoms with Crippen LogP contribution in [-0.4, -0.2) is 36.1 Å². The molecule has 2 bridgehead atoms. The molecule has 3 atom stereocenters. The minimum absolute atomic E-state index is 0.806. The lowest BCUT2D eigenvalue weighted by molar-refractivity contribution is 0.100. The maximum absolute atomic E-state index is 3.76. The summed E-state index contributed by atoms with van der Waals surface area (Å²) in [6, 6.07) is 3.32. The van der Waals surface area contributed by atoms with Crippen molar-refractivity contribution in [2.24, 2.45) is 5.92 Å². The van der Waals surface area contributed by atoms with E-state index in [0.29, 0.717) is 0 Å². The van der Waals surface area contributed by atoms with Crippen LogP contribution in [0, 0.1) is 5.92 Å². The molecule has 2 heteroatoms. The molecule has 1 N–H and O–H groups in total. The summed E-state index contributed by atoms with van der Waals surface area (Å²) in [7, 11) is 2.39. The third-order valence-corrected chi connectivity index (χ3v) is 5.75. The summed E-state index contributed by atoms with van der Waals surface area (Å²) >= 11 is 0. The molecule has 2 saturated heterocycles. The lowest BCUT2D eigenvalue weighted by Crippen LogP contribution is -2.50. The van der Waals surface area contributed by atoms with E-state index in [1.165, 1.54) is 51.4 Å². The van der Waals surface area contributed by atoms with E-state index in [1.54, 1.807) is 0 Å². The molecule has 3 rings (SSSR count). The Morgan fingerprint density at radius 1 is 1.00 bits per heavy atom. The van der Waals surface area contributed by atoms with Gasteiger partial charge in [0.2, 0.25) is 0 Å². The van der Waals surface area contributed by atoms with E-state index >= 15 is 0 Å². The second-order valence-electron chi connectivity index (χ2n) is 6.71. The molecule has 98 valence electrons. The molecule has 2 heterocycles. The van der Waals surface area contributed by atoms with E-state index in [0.717, 1.165) is 30.1 Å². The molecule has 1 aliphatic carbocycles. The average Bonchev–Trinajstić information content (AvgIpc) is 2.97. The molecule has 3 unspecified atom stereocenters. The number of nitrogens with one attached hydrogen (secondary N) is 1. The number of rotatable bonds is 3. The van der Waals surface area contributed by atoms with Gasteiger partial charge in [0.15, 0.2) is 0 Å². The van der Waals surface area contributed by atoms with Gasteiger partial charge < -0.3 is 10.2 Å². The maximum atomic E-state index is 3.76. The Morgan fingerprint density at radius 2 is 1.59 bits per heavy atom. The topological polar surface area (TPSA) is 15.3 Å². The third-order valence-electron chi connectivity index (χ3n) is 5.75. The number of fused-ring (bicyclic) bond motifs is 2. The van der Waals surface area contributed by atoms with Crippen molar-refractivity contribution in [1.82, 2.24) is 10.2 Å². The van der Waals surface area contributed by atoms with E-state index in [-0.39, 0.29) is 0 Å². The van der Waals surface area contributed by atoms with Gasteiger partial charge in [0.05, 0.1) is 0 Å². The van der Waals surface area contributed by atoms with E-state index < -0.39 is 0 Å². The summed E-state index contributed by atoms with van der Waals surface area (Å²) in [6.45, 7) is 2.47. The van der Waals surface area contributed by atoms with Gasteiger partial charge in [0.25, 0.3) is 0 Å². The second-order valence-corrected chi connectivity index (χ2v) is 6.71. The monoisotopic (exact) mass is 236 g/mol. The molecule has 0 aromatic heterocycles. The van der Waals surface area contributed by atoms with Crippen LogP contribution in [0.4, 0.5) is 0 Å². The fraction of sp³-hybridized carbons (Fsp3) is 1.00. The molecule has 0 radical (unpaired) electrons.